The molecule has 4 heteroatoms. The lowest BCUT2D eigenvalue weighted by atomic mass is 10.4. The molecule has 0 unspecified atom stereocenters. The maximum atomic E-state index is 13.7. The SMILES string of the molecule is CC(=O)N([Si](C)(c1ccccc1)c1ccccc1)[Si](C)(c1ccccc1)c1ccccc1. The second kappa shape index (κ2) is 9.11. The Morgan fingerprint density at radius 3 is 0.906 bits per heavy atom. The van der Waals surface area contributed by atoms with Crippen LogP contribution in [0.3, 0.4) is 0 Å². The van der Waals surface area contributed by atoms with Gasteiger partial charge in [0.15, 0.2) is 0 Å². The molecular weight excluding hydrogens is 422 g/mol. The lowest BCUT2D eigenvalue weighted by Crippen LogP contribution is -2.82. The highest BCUT2D eigenvalue weighted by atomic mass is 28.4. The van der Waals surface area contributed by atoms with E-state index in [-0.39, 0.29) is 5.91 Å². The standard InChI is InChI=1S/C28H29NOSi2/c1-24(30)29(31(2,25-16-8-4-9-17-25)26-18-10-5-11-19-26)32(3,27-20-12-6-13-21-27)28-22-14-7-15-23-28/h4-23H,1-3H3. The molecule has 4 rings (SSSR count). The molecule has 160 valence electrons. The highest BCUT2D eigenvalue weighted by Gasteiger charge is 2.52. The van der Waals surface area contributed by atoms with Crippen LogP contribution in [0.15, 0.2) is 121 Å². The van der Waals surface area contributed by atoms with Gasteiger partial charge in [0, 0.05) is 6.92 Å². The first-order valence-corrected chi connectivity index (χ1v) is 15.9. The number of carbonyl (C=O) groups is 1. The number of carbonyl (C=O) groups excluding carboxylic acids is 1. The Labute approximate surface area is 193 Å². The molecule has 0 saturated carbocycles. The van der Waals surface area contributed by atoms with Crippen LogP contribution in [0.25, 0.3) is 0 Å². The van der Waals surface area contributed by atoms with E-state index in [0.29, 0.717) is 0 Å². The first kappa shape index (κ1) is 22.0. The number of hydrogen-bond acceptors (Lipinski definition) is 1. The predicted molar refractivity (Wildman–Crippen MR) is 140 cm³/mol. The largest absolute Gasteiger partial charge is 0.381 e. The Morgan fingerprint density at radius 1 is 0.500 bits per heavy atom. The zero-order chi connectivity index (χ0) is 22.6. The number of amides is 1. The van der Waals surface area contributed by atoms with E-state index in [0.717, 1.165) is 0 Å². The fourth-order valence-electron chi connectivity index (χ4n) is 4.98. The predicted octanol–water partition coefficient (Wildman–Crippen LogP) is 3.61. The molecule has 0 heterocycles. The molecular formula is C28H29NOSi2. The van der Waals surface area contributed by atoms with E-state index >= 15 is 0 Å². The molecule has 0 aliphatic heterocycles. The lowest BCUT2D eigenvalue weighted by Gasteiger charge is -2.50. The minimum atomic E-state index is -2.65. The van der Waals surface area contributed by atoms with Gasteiger partial charge in [0.2, 0.25) is 22.4 Å². The van der Waals surface area contributed by atoms with E-state index in [1.54, 1.807) is 6.92 Å². The quantitative estimate of drug-likeness (QED) is 0.410. The average molecular weight is 452 g/mol. The summed E-state index contributed by atoms with van der Waals surface area (Å²) in [5.74, 6) is 0.133. The molecule has 0 saturated heterocycles. The van der Waals surface area contributed by atoms with Gasteiger partial charge in [-0.15, -0.1) is 0 Å². The van der Waals surface area contributed by atoms with Gasteiger partial charge in [0.05, 0.1) is 0 Å². The third-order valence-electron chi connectivity index (χ3n) is 6.55. The Hall–Kier alpha value is -3.22. The number of rotatable bonds is 6. The van der Waals surface area contributed by atoms with Crippen molar-refractivity contribution in [3.8, 4) is 0 Å². The van der Waals surface area contributed by atoms with Crippen LogP contribution in [-0.2, 0) is 4.79 Å². The van der Waals surface area contributed by atoms with Gasteiger partial charge in [-0.1, -0.05) is 121 Å². The van der Waals surface area contributed by atoms with Crippen LogP contribution in [-0.4, -0.2) is 26.6 Å². The molecule has 0 spiro atoms. The molecule has 0 aromatic heterocycles. The first-order chi connectivity index (χ1) is 15.5. The van der Waals surface area contributed by atoms with Gasteiger partial charge in [-0.25, -0.2) is 0 Å². The van der Waals surface area contributed by atoms with Crippen LogP contribution < -0.4 is 20.7 Å². The lowest BCUT2D eigenvalue weighted by molar-refractivity contribution is -0.121. The molecule has 2 nitrogen and oxygen atoms in total. The van der Waals surface area contributed by atoms with E-state index < -0.39 is 16.5 Å². The number of nitrogens with zero attached hydrogens (tertiary/aromatic N) is 1. The van der Waals surface area contributed by atoms with Crippen molar-refractivity contribution in [3.05, 3.63) is 121 Å². The highest BCUT2D eigenvalue weighted by molar-refractivity contribution is 7.14. The summed E-state index contributed by atoms with van der Waals surface area (Å²) in [5.41, 5.74) is 0. The van der Waals surface area contributed by atoms with Gasteiger partial charge >= 0.3 is 0 Å². The second-order valence-electron chi connectivity index (χ2n) is 8.46. The van der Waals surface area contributed by atoms with Gasteiger partial charge in [-0.3, -0.25) is 4.79 Å². The topological polar surface area (TPSA) is 20.3 Å². The summed E-state index contributed by atoms with van der Waals surface area (Å²) < 4.78 is 2.33. The first-order valence-electron chi connectivity index (χ1n) is 11.0. The van der Waals surface area contributed by atoms with Crippen molar-refractivity contribution in [1.82, 2.24) is 4.23 Å². The van der Waals surface area contributed by atoms with Gasteiger partial charge in [-0.05, 0) is 33.8 Å². The summed E-state index contributed by atoms with van der Waals surface area (Å²) in [4.78, 5) is 13.7. The molecule has 0 aliphatic carbocycles. The fraction of sp³-hybridized carbons (Fsp3) is 0.107. The van der Waals surface area contributed by atoms with Gasteiger partial charge in [0.1, 0.15) is 0 Å². The van der Waals surface area contributed by atoms with Crippen LogP contribution in [0, 0.1) is 0 Å². The van der Waals surface area contributed by atoms with Crippen molar-refractivity contribution in [2.45, 2.75) is 20.0 Å². The van der Waals surface area contributed by atoms with Gasteiger partial charge < -0.3 is 4.23 Å². The Kier molecular flexibility index (Phi) is 6.26. The molecule has 4 aromatic rings. The zero-order valence-electron chi connectivity index (χ0n) is 18.9. The zero-order valence-corrected chi connectivity index (χ0v) is 20.9. The Morgan fingerprint density at radius 2 is 0.719 bits per heavy atom. The average Bonchev–Trinajstić information content (AvgIpc) is 2.86. The summed E-state index contributed by atoms with van der Waals surface area (Å²) in [6.45, 7) is 6.40. The summed E-state index contributed by atoms with van der Waals surface area (Å²) in [6.07, 6.45) is 0. The maximum absolute atomic E-state index is 13.7. The highest BCUT2D eigenvalue weighted by Crippen LogP contribution is 2.22. The van der Waals surface area contributed by atoms with Crippen molar-refractivity contribution in [1.29, 1.82) is 0 Å². The monoisotopic (exact) mass is 451 g/mol. The molecule has 4 aromatic carbocycles. The Balaban J connectivity index is 2.07. The van der Waals surface area contributed by atoms with E-state index in [9.17, 15) is 4.79 Å². The third kappa shape index (κ3) is 3.76. The van der Waals surface area contributed by atoms with Crippen LogP contribution in [0.2, 0.25) is 13.1 Å². The van der Waals surface area contributed by atoms with Crippen LogP contribution in [0.4, 0.5) is 0 Å². The van der Waals surface area contributed by atoms with E-state index in [2.05, 4.69) is 114 Å². The summed E-state index contributed by atoms with van der Waals surface area (Å²) in [7, 11) is -5.30. The van der Waals surface area contributed by atoms with E-state index in [1.165, 1.54) is 20.7 Å². The van der Waals surface area contributed by atoms with Gasteiger partial charge in [-0.2, -0.15) is 0 Å². The minimum Gasteiger partial charge on any atom is -0.381 e. The Bertz CT molecular complexity index is 997. The minimum absolute atomic E-state index is 0.133. The van der Waals surface area contributed by atoms with Crippen molar-refractivity contribution in [3.63, 3.8) is 0 Å². The second-order valence-corrected chi connectivity index (χ2v) is 16.4. The third-order valence-corrected chi connectivity index (χ3v) is 17.5. The van der Waals surface area contributed by atoms with Crippen LogP contribution >= 0.6 is 0 Å². The number of benzene rings is 4. The molecule has 0 atom stereocenters. The van der Waals surface area contributed by atoms with E-state index in [4.69, 9.17) is 0 Å². The van der Waals surface area contributed by atoms with Crippen LogP contribution in [0.1, 0.15) is 6.92 Å². The van der Waals surface area contributed by atoms with Crippen molar-refractivity contribution in [2.24, 2.45) is 0 Å². The molecule has 0 bridgehead atoms. The van der Waals surface area contributed by atoms with Crippen molar-refractivity contribution < 1.29 is 4.79 Å². The van der Waals surface area contributed by atoms with Crippen molar-refractivity contribution in [2.75, 3.05) is 0 Å². The summed E-state index contributed by atoms with van der Waals surface area (Å²) >= 11 is 0. The summed E-state index contributed by atoms with van der Waals surface area (Å²) in [6, 6.07) is 42.5. The molecule has 1 amide bonds. The van der Waals surface area contributed by atoms with Crippen molar-refractivity contribution >= 4 is 43.1 Å². The molecule has 0 fully saturated rings. The van der Waals surface area contributed by atoms with Gasteiger partial charge in [0.25, 0.3) is 0 Å². The fourth-order valence-corrected chi connectivity index (χ4v) is 16.4. The summed E-state index contributed by atoms with van der Waals surface area (Å²) in [5, 5.41) is 4.97. The number of hydrogen-bond donors (Lipinski definition) is 0. The van der Waals surface area contributed by atoms with E-state index in [1.807, 2.05) is 24.3 Å². The maximum Gasteiger partial charge on any atom is 0.212 e. The molecule has 32 heavy (non-hydrogen) atoms. The molecule has 0 N–H and O–H groups in total. The molecule has 0 aliphatic rings. The normalized spacial score (nSPS) is 11.7. The van der Waals surface area contributed by atoms with Crippen LogP contribution in [0.5, 0.6) is 0 Å². The molecule has 0 radical (unpaired) electrons. The smallest absolute Gasteiger partial charge is 0.212 e.